The summed E-state index contributed by atoms with van der Waals surface area (Å²) in [5.74, 6) is 0. The van der Waals surface area contributed by atoms with Crippen LogP contribution in [0.2, 0.25) is 0 Å². The summed E-state index contributed by atoms with van der Waals surface area (Å²) in [6.07, 6.45) is 1.18. The van der Waals surface area contributed by atoms with Gasteiger partial charge in [-0.2, -0.15) is 0 Å². The molecule has 0 unspecified atom stereocenters. The van der Waals surface area contributed by atoms with Crippen LogP contribution in [0.1, 0.15) is 16.0 Å². The van der Waals surface area contributed by atoms with Crippen molar-refractivity contribution in [3.8, 4) is 10.4 Å². The number of benzene rings is 1. The maximum Gasteiger partial charge on any atom is 0.0349 e. The largest absolute Gasteiger partial charge is 0.312 e. The Morgan fingerprint density at radius 2 is 2.19 bits per heavy atom. The van der Waals surface area contributed by atoms with Crippen molar-refractivity contribution in [1.82, 2.24) is 5.32 Å². The van der Waals surface area contributed by atoms with Gasteiger partial charge in [0.15, 0.2) is 0 Å². The highest BCUT2D eigenvalue weighted by atomic mass is 32.1. The molecule has 0 saturated heterocycles. The molecule has 0 amide bonds. The van der Waals surface area contributed by atoms with Gasteiger partial charge in [-0.15, -0.1) is 11.3 Å². The quantitative estimate of drug-likeness (QED) is 0.790. The lowest BCUT2D eigenvalue weighted by Gasteiger charge is -2.10. The SMILES string of the molecule is Cc1cccc(-c2cc3c(s2)CNCC3)c1. The van der Waals surface area contributed by atoms with Crippen LogP contribution in [0.15, 0.2) is 30.3 Å². The molecule has 2 heterocycles. The fourth-order valence-electron chi connectivity index (χ4n) is 2.19. The van der Waals surface area contributed by atoms with Crippen molar-refractivity contribution in [1.29, 1.82) is 0 Å². The molecule has 16 heavy (non-hydrogen) atoms. The Bertz CT molecular complexity index is 490. The van der Waals surface area contributed by atoms with E-state index < -0.39 is 0 Å². The van der Waals surface area contributed by atoms with E-state index in [9.17, 15) is 0 Å². The number of nitrogens with one attached hydrogen (secondary N) is 1. The van der Waals surface area contributed by atoms with Crippen molar-refractivity contribution < 1.29 is 0 Å². The smallest absolute Gasteiger partial charge is 0.0349 e. The van der Waals surface area contributed by atoms with E-state index >= 15 is 0 Å². The number of rotatable bonds is 1. The first kappa shape index (κ1) is 10.1. The van der Waals surface area contributed by atoms with Crippen LogP contribution >= 0.6 is 11.3 Å². The molecule has 0 bridgehead atoms. The van der Waals surface area contributed by atoms with Gasteiger partial charge in [-0.1, -0.05) is 29.8 Å². The second kappa shape index (κ2) is 4.04. The van der Waals surface area contributed by atoms with Crippen LogP contribution in [0.4, 0.5) is 0 Å². The average molecular weight is 229 g/mol. The Labute approximate surface area is 100 Å². The van der Waals surface area contributed by atoms with Gasteiger partial charge in [0, 0.05) is 16.3 Å². The Morgan fingerprint density at radius 1 is 1.25 bits per heavy atom. The van der Waals surface area contributed by atoms with Crippen molar-refractivity contribution in [2.75, 3.05) is 6.54 Å². The van der Waals surface area contributed by atoms with Gasteiger partial charge in [-0.25, -0.2) is 0 Å². The van der Waals surface area contributed by atoms with Crippen molar-refractivity contribution >= 4 is 11.3 Å². The average Bonchev–Trinajstić information content (AvgIpc) is 2.72. The molecule has 82 valence electrons. The van der Waals surface area contributed by atoms with Crippen LogP contribution in [0.25, 0.3) is 10.4 Å². The molecule has 0 radical (unpaired) electrons. The van der Waals surface area contributed by atoms with E-state index in [2.05, 4.69) is 42.6 Å². The third-order valence-corrected chi connectivity index (χ3v) is 4.28. The molecular formula is C14H15NS. The predicted molar refractivity (Wildman–Crippen MR) is 69.9 cm³/mol. The topological polar surface area (TPSA) is 12.0 Å². The van der Waals surface area contributed by atoms with Crippen molar-refractivity contribution in [3.63, 3.8) is 0 Å². The number of fused-ring (bicyclic) bond motifs is 1. The predicted octanol–water partition coefficient (Wildman–Crippen LogP) is 3.37. The van der Waals surface area contributed by atoms with Crippen LogP contribution in [0.3, 0.4) is 0 Å². The van der Waals surface area contributed by atoms with Gasteiger partial charge in [0.2, 0.25) is 0 Å². The fraction of sp³-hybridized carbons (Fsp3) is 0.286. The Morgan fingerprint density at radius 3 is 3.00 bits per heavy atom. The molecule has 0 aliphatic carbocycles. The van der Waals surface area contributed by atoms with Crippen LogP contribution in [0, 0.1) is 6.92 Å². The lowest BCUT2D eigenvalue weighted by molar-refractivity contribution is 0.655. The molecule has 2 aromatic rings. The first-order valence-corrected chi connectivity index (χ1v) is 6.54. The van der Waals surface area contributed by atoms with Gasteiger partial charge in [0.05, 0.1) is 0 Å². The highest BCUT2D eigenvalue weighted by molar-refractivity contribution is 7.15. The Balaban J connectivity index is 2.03. The van der Waals surface area contributed by atoms with Crippen molar-refractivity contribution in [2.45, 2.75) is 19.9 Å². The summed E-state index contributed by atoms with van der Waals surface area (Å²) < 4.78 is 0. The maximum absolute atomic E-state index is 3.43. The summed E-state index contributed by atoms with van der Waals surface area (Å²) in [5.41, 5.74) is 4.24. The molecule has 1 aromatic heterocycles. The third kappa shape index (κ3) is 1.79. The van der Waals surface area contributed by atoms with E-state index in [0.29, 0.717) is 0 Å². The highest BCUT2D eigenvalue weighted by Crippen LogP contribution is 2.33. The molecule has 0 spiro atoms. The fourth-order valence-corrected chi connectivity index (χ4v) is 3.37. The van der Waals surface area contributed by atoms with E-state index in [4.69, 9.17) is 0 Å². The summed E-state index contributed by atoms with van der Waals surface area (Å²) >= 11 is 1.93. The summed E-state index contributed by atoms with van der Waals surface area (Å²) in [4.78, 5) is 2.93. The minimum Gasteiger partial charge on any atom is -0.312 e. The normalized spacial score (nSPS) is 14.8. The van der Waals surface area contributed by atoms with Crippen molar-refractivity contribution in [2.24, 2.45) is 0 Å². The van der Waals surface area contributed by atoms with Gasteiger partial charge >= 0.3 is 0 Å². The molecular weight excluding hydrogens is 214 g/mol. The van der Waals surface area contributed by atoms with Crippen molar-refractivity contribution in [3.05, 3.63) is 46.3 Å². The lowest BCUT2D eigenvalue weighted by atomic mass is 10.1. The van der Waals surface area contributed by atoms with E-state index in [1.807, 2.05) is 11.3 Å². The zero-order valence-electron chi connectivity index (χ0n) is 9.42. The maximum atomic E-state index is 3.43. The number of aryl methyl sites for hydroxylation is 1. The second-order valence-electron chi connectivity index (χ2n) is 4.36. The molecule has 0 atom stereocenters. The first-order valence-electron chi connectivity index (χ1n) is 5.72. The highest BCUT2D eigenvalue weighted by Gasteiger charge is 2.13. The van der Waals surface area contributed by atoms with E-state index in [1.54, 1.807) is 5.56 Å². The monoisotopic (exact) mass is 229 g/mol. The molecule has 1 N–H and O–H groups in total. The van der Waals surface area contributed by atoms with E-state index in [1.165, 1.54) is 27.3 Å². The summed E-state index contributed by atoms with van der Waals surface area (Å²) in [5, 5.41) is 3.43. The van der Waals surface area contributed by atoms with Gasteiger partial charge in [-0.3, -0.25) is 0 Å². The van der Waals surface area contributed by atoms with Crippen LogP contribution in [-0.4, -0.2) is 6.54 Å². The Hall–Kier alpha value is -1.12. The first-order chi connectivity index (χ1) is 7.83. The second-order valence-corrected chi connectivity index (χ2v) is 5.49. The van der Waals surface area contributed by atoms with E-state index in [-0.39, 0.29) is 0 Å². The summed E-state index contributed by atoms with van der Waals surface area (Å²) in [6.45, 7) is 4.32. The number of thiophene rings is 1. The number of hydrogen-bond acceptors (Lipinski definition) is 2. The standard InChI is InChI=1S/C14H15NS/c1-10-3-2-4-11(7-10)13-8-12-5-6-15-9-14(12)16-13/h2-4,7-8,15H,5-6,9H2,1H3. The minimum absolute atomic E-state index is 1.05. The summed E-state index contributed by atoms with van der Waals surface area (Å²) in [6, 6.07) is 11.1. The molecule has 1 aromatic carbocycles. The van der Waals surface area contributed by atoms with Crippen LogP contribution < -0.4 is 5.32 Å². The van der Waals surface area contributed by atoms with Gasteiger partial charge in [-0.05, 0) is 37.1 Å². The molecule has 2 heteroatoms. The molecule has 1 nitrogen and oxygen atoms in total. The molecule has 0 saturated carbocycles. The zero-order chi connectivity index (χ0) is 11.0. The Kier molecular flexibility index (Phi) is 2.54. The van der Waals surface area contributed by atoms with Gasteiger partial charge in [0.25, 0.3) is 0 Å². The molecule has 1 aliphatic rings. The van der Waals surface area contributed by atoms with E-state index in [0.717, 1.165) is 13.1 Å². The minimum atomic E-state index is 1.05. The zero-order valence-corrected chi connectivity index (χ0v) is 10.2. The summed E-state index contributed by atoms with van der Waals surface area (Å²) in [7, 11) is 0. The third-order valence-electron chi connectivity index (χ3n) is 3.06. The van der Waals surface area contributed by atoms with Crippen LogP contribution in [0.5, 0.6) is 0 Å². The molecule has 0 fully saturated rings. The van der Waals surface area contributed by atoms with Crippen LogP contribution in [-0.2, 0) is 13.0 Å². The molecule has 3 rings (SSSR count). The lowest BCUT2D eigenvalue weighted by Crippen LogP contribution is -2.21. The number of hydrogen-bond donors (Lipinski definition) is 1. The van der Waals surface area contributed by atoms with Gasteiger partial charge in [0.1, 0.15) is 0 Å². The molecule has 1 aliphatic heterocycles. The van der Waals surface area contributed by atoms with Gasteiger partial charge < -0.3 is 5.32 Å².